The fraction of sp³-hybridized carbons (Fsp3) is 0.955. The van der Waals surface area contributed by atoms with Gasteiger partial charge in [-0.25, -0.2) is 0 Å². The summed E-state index contributed by atoms with van der Waals surface area (Å²) in [5, 5.41) is 0. The second-order valence-corrected chi connectivity index (χ2v) is 7.72. The first-order chi connectivity index (χ1) is 11.6. The molecule has 0 aromatic carbocycles. The van der Waals surface area contributed by atoms with Crippen molar-refractivity contribution in [2.75, 3.05) is 13.1 Å². The van der Waals surface area contributed by atoms with Crippen LogP contribution in [0.15, 0.2) is 0 Å². The lowest BCUT2D eigenvalue weighted by atomic mass is 10.1. The second-order valence-electron chi connectivity index (χ2n) is 7.72. The zero-order valence-corrected chi connectivity index (χ0v) is 17.2. The predicted molar refractivity (Wildman–Crippen MR) is 107 cm³/mol. The number of hydrogen-bond acceptors (Lipinski definition) is 1. The Labute approximate surface area is 152 Å². The fourth-order valence-electron chi connectivity index (χ4n) is 3.22. The van der Waals surface area contributed by atoms with Gasteiger partial charge in [-0.05, 0) is 12.8 Å². The lowest BCUT2D eigenvalue weighted by Crippen LogP contribution is -2.36. The van der Waals surface area contributed by atoms with Crippen LogP contribution in [0.2, 0.25) is 0 Å². The third kappa shape index (κ3) is 13.9. The van der Waals surface area contributed by atoms with Gasteiger partial charge in [0.15, 0.2) is 0 Å². The van der Waals surface area contributed by atoms with Gasteiger partial charge in [-0.1, -0.05) is 105 Å². The maximum atomic E-state index is 12.4. The van der Waals surface area contributed by atoms with E-state index in [1.165, 1.54) is 89.9 Å². The summed E-state index contributed by atoms with van der Waals surface area (Å²) < 4.78 is 0. The van der Waals surface area contributed by atoms with Gasteiger partial charge in [0.2, 0.25) is 5.91 Å². The molecular formula is C22H45NO. The Kier molecular flexibility index (Phi) is 16.9. The number of nitrogens with zero attached hydrogens (tertiary/aromatic N) is 1. The molecule has 24 heavy (non-hydrogen) atoms. The van der Waals surface area contributed by atoms with E-state index >= 15 is 0 Å². The second kappa shape index (κ2) is 17.3. The standard InChI is InChI=1S/C22H45NO/c1-5-7-9-11-13-15-17-19-23(22(24)21(3)4)20-18-16-14-12-10-8-6-2/h21H,5-20H2,1-4H3. The molecule has 0 aliphatic heterocycles. The molecule has 0 aromatic rings. The molecule has 0 saturated heterocycles. The molecule has 0 aliphatic carbocycles. The van der Waals surface area contributed by atoms with Crippen molar-refractivity contribution in [2.45, 2.75) is 118 Å². The van der Waals surface area contributed by atoms with Crippen molar-refractivity contribution < 1.29 is 4.79 Å². The van der Waals surface area contributed by atoms with Crippen LogP contribution in [0.3, 0.4) is 0 Å². The molecule has 1 amide bonds. The molecule has 2 nitrogen and oxygen atoms in total. The number of unbranched alkanes of at least 4 members (excludes halogenated alkanes) is 12. The molecule has 144 valence electrons. The Balaban J connectivity index is 3.84. The van der Waals surface area contributed by atoms with Crippen LogP contribution in [-0.4, -0.2) is 23.9 Å². The van der Waals surface area contributed by atoms with E-state index in [1.807, 2.05) is 13.8 Å². The van der Waals surface area contributed by atoms with Crippen molar-refractivity contribution in [1.82, 2.24) is 4.90 Å². The van der Waals surface area contributed by atoms with E-state index in [1.54, 1.807) is 0 Å². The Morgan fingerprint density at radius 3 is 1.29 bits per heavy atom. The van der Waals surface area contributed by atoms with Crippen LogP contribution in [0.1, 0.15) is 118 Å². The smallest absolute Gasteiger partial charge is 0.225 e. The summed E-state index contributed by atoms with van der Waals surface area (Å²) in [6.45, 7) is 10.5. The van der Waals surface area contributed by atoms with Gasteiger partial charge < -0.3 is 4.90 Å². The molecule has 0 heterocycles. The Hall–Kier alpha value is -0.530. The third-order valence-electron chi connectivity index (χ3n) is 4.87. The maximum absolute atomic E-state index is 12.4. The highest BCUT2D eigenvalue weighted by Gasteiger charge is 2.15. The Morgan fingerprint density at radius 1 is 0.625 bits per heavy atom. The number of amides is 1. The molecule has 0 rings (SSSR count). The van der Waals surface area contributed by atoms with Crippen LogP contribution in [0.25, 0.3) is 0 Å². The van der Waals surface area contributed by atoms with Gasteiger partial charge in [-0.2, -0.15) is 0 Å². The summed E-state index contributed by atoms with van der Waals surface area (Å²) in [7, 11) is 0. The first-order valence-electron chi connectivity index (χ1n) is 10.9. The highest BCUT2D eigenvalue weighted by Crippen LogP contribution is 2.12. The van der Waals surface area contributed by atoms with Gasteiger partial charge >= 0.3 is 0 Å². The zero-order valence-electron chi connectivity index (χ0n) is 17.2. The summed E-state index contributed by atoms with van der Waals surface area (Å²) in [5.41, 5.74) is 0. The summed E-state index contributed by atoms with van der Waals surface area (Å²) in [6, 6.07) is 0. The summed E-state index contributed by atoms with van der Waals surface area (Å²) in [5.74, 6) is 0.492. The number of rotatable bonds is 17. The molecule has 0 saturated carbocycles. The normalized spacial score (nSPS) is 11.2. The van der Waals surface area contributed by atoms with E-state index in [2.05, 4.69) is 18.7 Å². The topological polar surface area (TPSA) is 20.3 Å². The average Bonchev–Trinajstić information content (AvgIpc) is 2.57. The van der Waals surface area contributed by atoms with Gasteiger partial charge in [0.1, 0.15) is 0 Å². The SMILES string of the molecule is CCCCCCCCCN(CCCCCCCCC)C(=O)C(C)C. The minimum absolute atomic E-state index is 0.138. The van der Waals surface area contributed by atoms with Gasteiger partial charge in [0, 0.05) is 19.0 Å². The summed E-state index contributed by atoms with van der Waals surface area (Å²) in [4.78, 5) is 14.5. The van der Waals surface area contributed by atoms with Crippen molar-refractivity contribution in [2.24, 2.45) is 5.92 Å². The van der Waals surface area contributed by atoms with Crippen LogP contribution >= 0.6 is 0 Å². The lowest BCUT2D eigenvalue weighted by molar-refractivity contribution is -0.134. The molecule has 0 bridgehead atoms. The van der Waals surface area contributed by atoms with E-state index in [9.17, 15) is 4.79 Å². The van der Waals surface area contributed by atoms with Gasteiger partial charge in [-0.3, -0.25) is 4.79 Å². The van der Waals surface area contributed by atoms with E-state index in [4.69, 9.17) is 0 Å². The molecule has 0 aliphatic rings. The van der Waals surface area contributed by atoms with Crippen molar-refractivity contribution in [3.63, 3.8) is 0 Å². The highest BCUT2D eigenvalue weighted by molar-refractivity contribution is 5.78. The first kappa shape index (κ1) is 23.5. The van der Waals surface area contributed by atoms with Gasteiger partial charge in [0.25, 0.3) is 0 Å². The molecule has 0 spiro atoms. The molecule has 0 atom stereocenters. The van der Waals surface area contributed by atoms with E-state index in [-0.39, 0.29) is 5.92 Å². The summed E-state index contributed by atoms with van der Waals surface area (Å²) >= 11 is 0. The molecule has 0 N–H and O–H groups in total. The molecular weight excluding hydrogens is 294 g/mol. The number of carbonyl (C=O) groups is 1. The molecule has 2 heteroatoms. The number of carbonyl (C=O) groups excluding carboxylic acids is 1. The molecule has 0 radical (unpaired) electrons. The van der Waals surface area contributed by atoms with Crippen molar-refractivity contribution >= 4 is 5.91 Å². The quantitative estimate of drug-likeness (QED) is 0.262. The van der Waals surface area contributed by atoms with Crippen LogP contribution < -0.4 is 0 Å². The molecule has 0 aromatic heterocycles. The van der Waals surface area contributed by atoms with E-state index in [0.29, 0.717) is 5.91 Å². The van der Waals surface area contributed by atoms with Crippen LogP contribution in [0.5, 0.6) is 0 Å². The fourth-order valence-corrected chi connectivity index (χ4v) is 3.22. The van der Waals surface area contributed by atoms with Crippen molar-refractivity contribution in [3.05, 3.63) is 0 Å². The van der Waals surface area contributed by atoms with Crippen LogP contribution in [0.4, 0.5) is 0 Å². The van der Waals surface area contributed by atoms with Gasteiger partial charge in [-0.15, -0.1) is 0 Å². The number of hydrogen-bond donors (Lipinski definition) is 0. The molecule has 0 unspecified atom stereocenters. The first-order valence-corrected chi connectivity index (χ1v) is 10.9. The maximum Gasteiger partial charge on any atom is 0.225 e. The van der Waals surface area contributed by atoms with E-state index in [0.717, 1.165) is 13.1 Å². The van der Waals surface area contributed by atoms with Gasteiger partial charge in [0.05, 0.1) is 0 Å². The van der Waals surface area contributed by atoms with Crippen molar-refractivity contribution in [1.29, 1.82) is 0 Å². The minimum Gasteiger partial charge on any atom is -0.342 e. The van der Waals surface area contributed by atoms with Crippen LogP contribution in [-0.2, 0) is 4.79 Å². The third-order valence-corrected chi connectivity index (χ3v) is 4.87. The lowest BCUT2D eigenvalue weighted by Gasteiger charge is -2.24. The highest BCUT2D eigenvalue weighted by atomic mass is 16.2. The Morgan fingerprint density at radius 2 is 0.958 bits per heavy atom. The Bertz CT molecular complexity index is 257. The minimum atomic E-state index is 0.138. The van der Waals surface area contributed by atoms with Crippen LogP contribution in [0, 0.1) is 5.92 Å². The van der Waals surface area contributed by atoms with E-state index < -0.39 is 0 Å². The monoisotopic (exact) mass is 339 g/mol. The van der Waals surface area contributed by atoms with Crippen molar-refractivity contribution in [3.8, 4) is 0 Å². The largest absolute Gasteiger partial charge is 0.342 e. The predicted octanol–water partition coefficient (Wildman–Crippen LogP) is 6.97. The molecule has 0 fully saturated rings. The average molecular weight is 340 g/mol. The zero-order chi connectivity index (χ0) is 18.0. The summed E-state index contributed by atoms with van der Waals surface area (Å²) in [6.07, 6.45) is 18.5.